The number of hydrogen-bond acceptors (Lipinski definition) is 6. The molecule has 114 valence electrons. The van der Waals surface area contributed by atoms with Gasteiger partial charge in [-0.2, -0.15) is 0 Å². The van der Waals surface area contributed by atoms with E-state index in [1.165, 1.54) is 0 Å². The van der Waals surface area contributed by atoms with E-state index in [1.807, 2.05) is 17.0 Å². The van der Waals surface area contributed by atoms with E-state index in [-0.39, 0.29) is 10.6 Å². The van der Waals surface area contributed by atoms with Crippen molar-refractivity contribution in [3.63, 3.8) is 0 Å². The Hall–Kier alpha value is -1.86. The van der Waals surface area contributed by atoms with Gasteiger partial charge in [0.05, 0.1) is 18.1 Å². The molecule has 0 amide bonds. The quantitative estimate of drug-likeness (QED) is 0.657. The summed E-state index contributed by atoms with van der Waals surface area (Å²) in [5.41, 5.74) is 1.94. The summed E-state index contributed by atoms with van der Waals surface area (Å²) in [5.74, 6) is 0. The number of anilines is 2. The van der Waals surface area contributed by atoms with Gasteiger partial charge < -0.3 is 19.9 Å². The Morgan fingerprint density at radius 2 is 1.81 bits per heavy atom. The van der Waals surface area contributed by atoms with Gasteiger partial charge in [-0.3, -0.25) is 10.1 Å². The molecule has 1 aromatic rings. The van der Waals surface area contributed by atoms with Crippen molar-refractivity contribution in [1.82, 2.24) is 5.32 Å². The van der Waals surface area contributed by atoms with Crippen molar-refractivity contribution in [1.29, 1.82) is 0 Å². The first-order valence-electron chi connectivity index (χ1n) is 7.32. The van der Waals surface area contributed by atoms with Crippen LogP contribution in [0.5, 0.6) is 0 Å². The van der Waals surface area contributed by atoms with Crippen LogP contribution in [0.25, 0.3) is 0 Å². The third-order valence-corrected chi connectivity index (χ3v) is 3.99. The molecule has 0 bridgehead atoms. The lowest BCUT2D eigenvalue weighted by Gasteiger charge is -2.32. The van der Waals surface area contributed by atoms with Crippen LogP contribution < -0.4 is 15.1 Å². The molecule has 2 fully saturated rings. The van der Waals surface area contributed by atoms with E-state index in [0.717, 1.165) is 31.9 Å². The number of piperazine rings is 1. The normalized spacial score (nSPS) is 19.6. The molecule has 0 unspecified atom stereocenters. The Morgan fingerprint density at radius 1 is 1.10 bits per heavy atom. The van der Waals surface area contributed by atoms with Gasteiger partial charge in [-0.15, -0.1) is 0 Å². The fourth-order valence-corrected chi connectivity index (χ4v) is 2.84. The van der Waals surface area contributed by atoms with Crippen LogP contribution in [-0.4, -0.2) is 57.4 Å². The van der Waals surface area contributed by atoms with Crippen LogP contribution in [0.2, 0.25) is 0 Å². The first-order valence-corrected chi connectivity index (χ1v) is 7.32. The molecular weight excluding hydrogens is 272 g/mol. The summed E-state index contributed by atoms with van der Waals surface area (Å²) in [6.07, 6.45) is 0. The first-order chi connectivity index (χ1) is 10.3. The van der Waals surface area contributed by atoms with E-state index < -0.39 is 0 Å². The van der Waals surface area contributed by atoms with Gasteiger partial charge in [0.2, 0.25) is 0 Å². The highest BCUT2D eigenvalue weighted by atomic mass is 16.6. The van der Waals surface area contributed by atoms with Crippen LogP contribution in [-0.2, 0) is 4.74 Å². The van der Waals surface area contributed by atoms with Crippen LogP contribution in [0.4, 0.5) is 17.1 Å². The maximum Gasteiger partial charge on any atom is 0.292 e. The van der Waals surface area contributed by atoms with Crippen molar-refractivity contribution in [2.75, 3.05) is 62.3 Å². The summed E-state index contributed by atoms with van der Waals surface area (Å²) in [6.45, 7) is 6.40. The number of nitrogens with zero attached hydrogens (tertiary/aromatic N) is 3. The summed E-state index contributed by atoms with van der Waals surface area (Å²) in [4.78, 5) is 15.3. The maximum absolute atomic E-state index is 11.3. The molecule has 1 aromatic carbocycles. The number of nitrogens with one attached hydrogen (secondary N) is 1. The number of benzene rings is 1. The first kappa shape index (κ1) is 14.1. The van der Waals surface area contributed by atoms with Crippen LogP contribution in [0.1, 0.15) is 0 Å². The number of hydrogen-bond donors (Lipinski definition) is 1. The lowest BCUT2D eigenvalue weighted by atomic mass is 10.2. The minimum atomic E-state index is -0.299. The minimum absolute atomic E-state index is 0.177. The zero-order valence-corrected chi connectivity index (χ0v) is 12.0. The second-order valence-corrected chi connectivity index (χ2v) is 5.27. The number of ether oxygens (including phenoxy) is 1. The number of rotatable bonds is 3. The molecule has 2 aliphatic heterocycles. The van der Waals surface area contributed by atoms with Crippen molar-refractivity contribution in [3.8, 4) is 0 Å². The van der Waals surface area contributed by atoms with Gasteiger partial charge in [0.25, 0.3) is 5.69 Å². The monoisotopic (exact) mass is 292 g/mol. The molecule has 2 saturated heterocycles. The summed E-state index contributed by atoms with van der Waals surface area (Å²) in [7, 11) is 0. The van der Waals surface area contributed by atoms with E-state index in [2.05, 4.69) is 10.2 Å². The van der Waals surface area contributed by atoms with E-state index in [0.29, 0.717) is 32.0 Å². The molecule has 21 heavy (non-hydrogen) atoms. The smallest absolute Gasteiger partial charge is 0.292 e. The average Bonchev–Trinajstić information content (AvgIpc) is 2.56. The molecule has 1 N–H and O–H groups in total. The highest BCUT2D eigenvalue weighted by Gasteiger charge is 2.23. The average molecular weight is 292 g/mol. The van der Waals surface area contributed by atoms with Gasteiger partial charge in [0.1, 0.15) is 5.69 Å². The maximum atomic E-state index is 11.3. The lowest BCUT2D eigenvalue weighted by Crippen LogP contribution is -2.43. The molecule has 0 atom stereocenters. The van der Waals surface area contributed by atoms with Gasteiger partial charge in [-0.25, -0.2) is 0 Å². The zero-order valence-electron chi connectivity index (χ0n) is 12.0. The molecule has 0 radical (unpaired) electrons. The molecule has 7 heteroatoms. The predicted octanol–water partition coefficient (Wildman–Crippen LogP) is 0.841. The summed E-state index contributed by atoms with van der Waals surface area (Å²) < 4.78 is 5.34. The summed E-state index contributed by atoms with van der Waals surface area (Å²) >= 11 is 0. The number of nitro benzene ring substituents is 1. The molecule has 0 aromatic heterocycles. The Morgan fingerprint density at radius 3 is 2.48 bits per heavy atom. The highest BCUT2D eigenvalue weighted by Crippen LogP contribution is 2.33. The van der Waals surface area contributed by atoms with Gasteiger partial charge in [0, 0.05) is 51.0 Å². The van der Waals surface area contributed by atoms with Gasteiger partial charge in [-0.05, 0) is 12.1 Å². The topological polar surface area (TPSA) is 70.9 Å². The second kappa shape index (κ2) is 6.28. The molecule has 3 rings (SSSR count). The molecule has 0 aliphatic carbocycles. The lowest BCUT2D eigenvalue weighted by molar-refractivity contribution is -0.384. The van der Waals surface area contributed by atoms with Gasteiger partial charge in [0.15, 0.2) is 0 Å². The second-order valence-electron chi connectivity index (χ2n) is 5.27. The third kappa shape index (κ3) is 3.08. The Kier molecular flexibility index (Phi) is 4.21. The van der Waals surface area contributed by atoms with Crippen molar-refractivity contribution in [3.05, 3.63) is 28.3 Å². The van der Waals surface area contributed by atoms with Gasteiger partial charge in [-0.1, -0.05) is 0 Å². The van der Waals surface area contributed by atoms with Crippen LogP contribution in [0.15, 0.2) is 18.2 Å². The van der Waals surface area contributed by atoms with Crippen molar-refractivity contribution < 1.29 is 9.66 Å². The van der Waals surface area contributed by atoms with Crippen molar-refractivity contribution in [2.45, 2.75) is 0 Å². The van der Waals surface area contributed by atoms with Crippen LogP contribution in [0.3, 0.4) is 0 Å². The van der Waals surface area contributed by atoms with Crippen molar-refractivity contribution in [2.24, 2.45) is 0 Å². The van der Waals surface area contributed by atoms with Gasteiger partial charge >= 0.3 is 0 Å². The third-order valence-electron chi connectivity index (χ3n) is 3.99. The van der Waals surface area contributed by atoms with Crippen molar-refractivity contribution >= 4 is 17.1 Å². The van der Waals surface area contributed by atoms with E-state index >= 15 is 0 Å². The number of nitro groups is 1. The van der Waals surface area contributed by atoms with Crippen LogP contribution in [0, 0.1) is 10.1 Å². The molecular formula is C14H20N4O3. The van der Waals surface area contributed by atoms with E-state index in [4.69, 9.17) is 4.74 Å². The van der Waals surface area contributed by atoms with E-state index in [1.54, 1.807) is 6.07 Å². The highest BCUT2D eigenvalue weighted by molar-refractivity contribution is 5.70. The summed E-state index contributed by atoms with van der Waals surface area (Å²) in [5, 5.41) is 14.6. The molecule has 0 saturated carbocycles. The molecule has 2 heterocycles. The Labute approximate surface area is 123 Å². The standard InChI is InChI=1S/C14H20N4O3/c19-18(20)13-2-1-12(16-5-3-15-4-6-16)11-14(13)17-7-9-21-10-8-17/h1-2,11,15H,3-10H2. The van der Waals surface area contributed by atoms with E-state index in [9.17, 15) is 10.1 Å². The molecule has 7 nitrogen and oxygen atoms in total. The van der Waals surface area contributed by atoms with Crippen LogP contribution >= 0.6 is 0 Å². The SMILES string of the molecule is O=[N+]([O-])c1ccc(N2CCNCC2)cc1N1CCOCC1. The summed E-state index contributed by atoms with van der Waals surface area (Å²) in [6, 6.07) is 5.43. The largest absolute Gasteiger partial charge is 0.378 e. The predicted molar refractivity (Wildman–Crippen MR) is 81.2 cm³/mol. The Balaban J connectivity index is 1.91. The zero-order chi connectivity index (χ0) is 14.7. The molecule has 2 aliphatic rings. The fraction of sp³-hybridized carbons (Fsp3) is 0.571. The molecule has 0 spiro atoms. The minimum Gasteiger partial charge on any atom is -0.378 e. The fourth-order valence-electron chi connectivity index (χ4n) is 2.84. The Bertz CT molecular complexity index is 511. The number of morpholine rings is 1.